The second-order valence-electron chi connectivity index (χ2n) is 15.9. The molecule has 1 heterocycles. The number of piperazine rings is 1. The minimum atomic E-state index is -0.124. The lowest BCUT2D eigenvalue weighted by atomic mass is 10.0. The van der Waals surface area contributed by atoms with E-state index in [1.165, 1.54) is 154 Å². The molecule has 0 unspecified atom stereocenters. The highest BCUT2D eigenvalue weighted by Crippen LogP contribution is 2.25. The molecule has 0 spiro atoms. The zero-order valence-corrected chi connectivity index (χ0v) is 34.7. The van der Waals surface area contributed by atoms with E-state index in [2.05, 4.69) is 30.7 Å². The van der Waals surface area contributed by atoms with E-state index in [0.29, 0.717) is 19.6 Å². The molecule has 0 aromatic heterocycles. The van der Waals surface area contributed by atoms with Gasteiger partial charge in [-0.2, -0.15) is 0 Å². The Hall–Kier alpha value is -1.79. The molecule has 52 heavy (non-hydrogen) atoms. The predicted molar refractivity (Wildman–Crippen MR) is 222 cm³/mol. The Morgan fingerprint density at radius 2 is 0.904 bits per heavy atom. The third kappa shape index (κ3) is 26.9. The van der Waals surface area contributed by atoms with Gasteiger partial charge in [-0.3, -0.25) is 4.79 Å². The van der Waals surface area contributed by atoms with Gasteiger partial charge in [0.2, 0.25) is 0 Å². The third-order valence-corrected chi connectivity index (χ3v) is 10.8. The predicted octanol–water partition coefficient (Wildman–Crippen LogP) is 12.7. The van der Waals surface area contributed by atoms with E-state index >= 15 is 0 Å². The first kappa shape index (κ1) is 46.4. The van der Waals surface area contributed by atoms with Gasteiger partial charge in [0.05, 0.1) is 13.2 Å². The summed E-state index contributed by atoms with van der Waals surface area (Å²) in [6.07, 6.45) is 36.3. The Morgan fingerprint density at radius 3 is 1.31 bits per heavy atom. The van der Waals surface area contributed by atoms with Gasteiger partial charge in [0.25, 0.3) is 0 Å². The second kappa shape index (κ2) is 33.8. The highest BCUT2D eigenvalue weighted by Gasteiger charge is 2.14. The lowest BCUT2D eigenvalue weighted by Gasteiger charge is -2.32. The normalized spacial score (nSPS) is 13.8. The molecule has 1 aromatic rings. The minimum Gasteiger partial charge on any atom is -0.493 e. The molecule has 0 saturated carbocycles. The zero-order valence-electron chi connectivity index (χ0n) is 34.7. The van der Waals surface area contributed by atoms with Gasteiger partial charge in [-0.1, -0.05) is 168 Å². The van der Waals surface area contributed by atoms with Crippen molar-refractivity contribution in [1.82, 2.24) is 9.80 Å². The van der Waals surface area contributed by atoms with Crippen LogP contribution in [0.3, 0.4) is 0 Å². The molecule has 0 aliphatic carbocycles. The molecule has 0 atom stereocenters. The maximum atomic E-state index is 12.6. The summed E-state index contributed by atoms with van der Waals surface area (Å²) in [5.74, 6) is 1.52. The van der Waals surface area contributed by atoms with Gasteiger partial charge in [0.1, 0.15) is 18.1 Å². The molecule has 302 valence electrons. The lowest BCUT2D eigenvalue weighted by Crippen LogP contribution is -2.44. The summed E-state index contributed by atoms with van der Waals surface area (Å²) in [5, 5.41) is 0. The average molecular weight is 729 g/mol. The van der Waals surface area contributed by atoms with Crippen molar-refractivity contribution < 1.29 is 19.0 Å². The van der Waals surface area contributed by atoms with Gasteiger partial charge in [-0.05, 0) is 50.6 Å². The largest absolute Gasteiger partial charge is 0.493 e. The topological polar surface area (TPSA) is 51.2 Å². The molecule has 1 aliphatic heterocycles. The van der Waals surface area contributed by atoms with Crippen molar-refractivity contribution >= 4 is 5.97 Å². The fourth-order valence-corrected chi connectivity index (χ4v) is 7.25. The van der Waals surface area contributed by atoms with Crippen LogP contribution >= 0.6 is 0 Å². The number of hydrogen-bond acceptors (Lipinski definition) is 6. The number of carbonyl (C=O) groups is 1. The van der Waals surface area contributed by atoms with Crippen LogP contribution in [0.2, 0.25) is 0 Å². The van der Waals surface area contributed by atoms with Crippen LogP contribution in [0, 0.1) is 0 Å². The molecular weight excluding hydrogens is 645 g/mol. The van der Waals surface area contributed by atoms with Crippen LogP contribution < -0.4 is 9.47 Å². The first-order valence-corrected chi connectivity index (χ1v) is 22.6. The van der Waals surface area contributed by atoms with Gasteiger partial charge in [-0.15, -0.1) is 0 Å². The van der Waals surface area contributed by atoms with Crippen LogP contribution in [0.15, 0.2) is 18.2 Å². The van der Waals surface area contributed by atoms with Gasteiger partial charge in [0, 0.05) is 38.7 Å². The molecule has 0 radical (unpaired) electrons. The maximum Gasteiger partial charge on any atom is 0.306 e. The zero-order chi connectivity index (χ0) is 37.2. The van der Waals surface area contributed by atoms with E-state index in [4.69, 9.17) is 14.2 Å². The third-order valence-electron chi connectivity index (χ3n) is 10.8. The molecule has 0 N–H and O–H groups in total. The molecule has 0 bridgehead atoms. The Kier molecular flexibility index (Phi) is 30.1. The van der Waals surface area contributed by atoms with Gasteiger partial charge in [-0.25, -0.2) is 0 Å². The van der Waals surface area contributed by atoms with Crippen LogP contribution in [0.5, 0.6) is 11.5 Å². The molecule has 0 amide bonds. The summed E-state index contributed by atoms with van der Waals surface area (Å²) < 4.78 is 18.2. The van der Waals surface area contributed by atoms with Crippen molar-refractivity contribution in [3.8, 4) is 11.5 Å². The Balaban J connectivity index is 1.64. The number of ether oxygens (including phenoxy) is 3. The van der Waals surface area contributed by atoms with Crippen molar-refractivity contribution in [2.45, 2.75) is 200 Å². The van der Waals surface area contributed by atoms with Gasteiger partial charge < -0.3 is 24.0 Å². The number of likely N-dealkylation sites (N-methyl/N-ethyl adjacent to an activating group) is 1. The first-order valence-electron chi connectivity index (χ1n) is 22.6. The van der Waals surface area contributed by atoms with E-state index < -0.39 is 0 Å². The number of nitrogens with zero attached hydrogens (tertiary/aromatic N) is 2. The summed E-state index contributed by atoms with van der Waals surface area (Å²) in [7, 11) is 2.17. The quantitative estimate of drug-likeness (QED) is 0.0506. The monoisotopic (exact) mass is 729 g/mol. The van der Waals surface area contributed by atoms with Gasteiger partial charge >= 0.3 is 5.97 Å². The van der Waals surface area contributed by atoms with E-state index in [1.54, 1.807) is 0 Å². The van der Waals surface area contributed by atoms with Crippen molar-refractivity contribution in [2.24, 2.45) is 0 Å². The summed E-state index contributed by atoms with van der Waals surface area (Å²) in [6, 6.07) is 6.07. The Labute approximate surface area is 322 Å². The molecule has 6 nitrogen and oxygen atoms in total. The molecule has 2 rings (SSSR count). The molecular formula is C46H84N2O4. The Bertz CT molecular complexity index is 948. The van der Waals surface area contributed by atoms with Crippen molar-refractivity contribution in [3.05, 3.63) is 23.8 Å². The van der Waals surface area contributed by atoms with Crippen molar-refractivity contribution in [1.29, 1.82) is 0 Å². The number of unbranched alkanes of at least 4 members (excludes halogenated alkanes) is 24. The molecule has 1 aromatic carbocycles. The first-order chi connectivity index (χ1) is 25.6. The highest BCUT2D eigenvalue weighted by molar-refractivity contribution is 5.69. The highest BCUT2D eigenvalue weighted by atomic mass is 16.5. The fourth-order valence-electron chi connectivity index (χ4n) is 7.25. The van der Waals surface area contributed by atoms with Crippen LogP contribution in [0.1, 0.15) is 199 Å². The van der Waals surface area contributed by atoms with E-state index in [0.717, 1.165) is 69.0 Å². The average Bonchev–Trinajstić information content (AvgIpc) is 3.15. The van der Waals surface area contributed by atoms with Crippen LogP contribution in [0.25, 0.3) is 0 Å². The summed E-state index contributed by atoms with van der Waals surface area (Å²) in [5.41, 5.74) is 0.940. The Morgan fingerprint density at radius 1 is 0.519 bits per heavy atom. The summed E-state index contributed by atoms with van der Waals surface area (Å²) in [4.78, 5) is 17.4. The van der Waals surface area contributed by atoms with Gasteiger partial charge in [0.15, 0.2) is 0 Å². The second-order valence-corrected chi connectivity index (χ2v) is 15.9. The van der Waals surface area contributed by atoms with E-state index in [9.17, 15) is 4.79 Å². The number of hydrogen-bond donors (Lipinski definition) is 0. The van der Waals surface area contributed by atoms with E-state index in [-0.39, 0.29) is 12.6 Å². The van der Waals surface area contributed by atoms with Crippen LogP contribution in [-0.2, 0) is 16.1 Å². The molecule has 1 saturated heterocycles. The van der Waals surface area contributed by atoms with Crippen molar-refractivity contribution in [3.63, 3.8) is 0 Å². The summed E-state index contributed by atoms with van der Waals surface area (Å²) in [6.45, 7) is 11.6. The van der Waals surface area contributed by atoms with Crippen LogP contribution in [0.4, 0.5) is 0 Å². The maximum absolute atomic E-state index is 12.6. The minimum absolute atomic E-state index is 0.124. The number of rotatable bonds is 36. The van der Waals surface area contributed by atoms with E-state index in [1.807, 2.05) is 18.2 Å². The van der Waals surface area contributed by atoms with Crippen molar-refractivity contribution in [2.75, 3.05) is 53.0 Å². The molecule has 1 fully saturated rings. The smallest absolute Gasteiger partial charge is 0.306 e. The number of benzene rings is 1. The fraction of sp³-hybridized carbons (Fsp3) is 0.848. The standard InChI is InChI=1S/C46H84N2O4/c1-4-6-8-10-12-14-16-17-18-19-20-21-23-25-27-29-38-51-45-40-43(42-52-46(49)31-30-32-48-35-33-47(3)34-36-48)39-44(41-45)50-37-28-26-24-22-15-13-11-9-7-5-2/h39-41H,4-38,42H2,1-3H3. The SMILES string of the molecule is CCCCCCCCCCCCCCCCCCOc1cc(COC(=O)CCCN2CCN(C)CC2)cc(OCCCCCCCCCCCC)c1. The molecule has 1 aliphatic rings. The molecule has 6 heteroatoms. The lowest BCUT2D eigenvalue weighted by molar-refractivity contribution is -0.145. The number of carbonyl (C=O) groups excluding carboxylic acids is 1. The number of esters is 1. The summed E-state index contributed by atoms with van der Waals surface area (Å²) >= 11 is 0. The van der Waals surface area contributed by atoms with Crippen LogP contribution in [-0.4, -0.2) is 68.8 Å².